The molecule has 1 atom stereocenters. The number of aliphatic carboxylic acids is 1. The molecule has 0 bridgehead atoms. The molecule has 2 aromatic rings. The van der Waals surface area contributed by atoms with Crippen LogP contribution in [0.5, 0.6) is 11.5 Å². The normalized spacial score (nSPS) is 12.1. The number of hydrogen-bond acceptors (Lipinski definition) is 4. The Bertz CT molecular complexity index is 792. The number of ether oxygens (including phenoxy) is 2. The number of halogens is 1. The summed E-state index contributed by atoms with van der Waals surface area (Å²) in [5.41, 5.74) is 3.17. The Morgan fingerprint density at radius 1 is 1.22 bits per heavy atom. The van der Waals surface area contributed by atoms with Gasteiger partial charge in [0.15, 0.2) is 11.5 Å². The van der Waals surface area contributed by atoms with Gasteiger partial charge in [0, 0.05) is 11.0 Å². The topological polar surface area (TPSA) is 67.8 Å². The summed E-state index contributed by atoms with van der Waals surface area (Å²) in [4.78, 5) is 11.3. The summed E-state index contributed by atoms with van der Waals surface area (Å²) in [6, 6.07) is 11.3. The monoisotopic (exact) mass is 435 g/mol. The first kappa shape index (κ1) is 21.3. The lowest BCUT2D eigenvalue weighted by Gasteiger charge is -2.19. The molecule has 0 radical (unpaired) electrons. The molecule has 0 aliphatic heterocycles. The number of aryl methyl sites for hydroxylation is 1. The molecule has 0 heterocycles. The minimum absolute atomic E-state index is 0.0138. The summed E-state index contributed by atoms with van der Waals surface area (Å²) in [7, 11) is 1.59. The number of carboxylic acids is 1. The molecule has 27 heavy (non-hydrogen) atoms. The van der Waals surface area contributed by atoms with Crippen molar-refractivity contribution in [1.82, 2.24) is 5.32 Å². The quantitative estimate of drug-likeness (QED) is 0.604. The van der Waals surface area contributed by atoms with Crippen molar-refractivity contribution in [1.29, 1.82) is 0 Å². The number of hydrogen-bond donors (Lipinski definition) is 2. The van der Waals surface area contributed by atoms with E-state index in [9.17, 15) is 9.90 Å². The molecule has 0 fully saturated rings. The van der Waals surface area contributed by atoms with E-state index in [1.54, 1.807) is 7.11 Å². The number of rotatable bonds is 9. The highest BCUT2D eigenvalue weighted by Crippen LogP contribution is 2.34. The summed E-state index contributed by atoms with van der Waals surface area (Å²) >= 11 is 3.55. The maximum atomic E-state index is 11.3. The third-order valence-electron chi connectivity index (χ3n) is 4.25. The number of carboxylic acid groups (broad SMARTS) is 1. The Kier molecular flexibility index (Phi) is 7.68. The van der Waals surface area contributed by atoms with Crippen LogP contribution in [0.15, 0.2) is 40.9 Å². The number of methoxy groups -OCH3 is 1. The molecule has 0 spiro atoms. The zero-order valence-corrected chi connectivity index (χ0v) is 17.7. The maximum Gasteiger partial charge on any atom is 0.320 e. The highest BCUT2D eigenvalue weighted by molar-refractivity contribution is 9.10. The Morgan fingerprint density at radius 3 is 2.56 bits per heavy atom. The smallest absolute Gasteiger partial charge is 0.320 e. The molecule has 0 aliphatic carbocycles. The van der Waals surface area contributed by atoms with Gasteiger partial charge < -0.3 is 19.9 Å². The third-order valence-corrected chi connectivity index (χ3v) is 4.99. The standard InChI is InChI=1S/C21H26BrNO4/c1-13(2)20(21(24)25)23-11-16-9-18(26-4)19(10-17(16)22)27-12-15-7-5-6-14(3)8-15/h5-10,13,20,23H,11-12H2,1-4H3,(H,24,25). The Morgan fingerprint density at radius 2 is 1.96 bits per heavy atom. The van der Waals surface area contributed by atoms with Crippen molar-refractivity contribution in [2.75, 3.05) is 7.11 Å². The van der Waals surface area contributed by atoms with E-state index in [2.05, 4.69) is 27.3 Å². The summed E-state index contributed by atoms with van der Waals surface area (Å²) in [6.45, 7) is 6.65. The molecule has 146 valence electrons. The highest BCUT2D eigenvalue weighted by atomic mass is 79.9. The predicted octanol–water partition coefficient (Wildman–Crippen LogP) is 4.54. The first-order chi connectivity index (χ1) is 12.8. The molecular formula is C21H26BrNO4. The Labute approximate surface area is 168 Å². The second-order valence-electron chi connectivity index (χ2n) is 6.81. The highest BCUT2D eigenvalue weighted by Gasteiger charge is 2.21. The van der Waals surface area contributed by atoms with Crippen LogP contribution in [0.1, 0.15) is 30.5 Å². The van der Waals surface area contributed by atoms with E-state index in [-0.39, 0.29) is 5.92 Å². The van der Waals surface area contributed by atoms with Gasteiger partial charge in [-0.3, -0.25) is 4.79 Å². The van der Waals surface area contributed by atoms with E-state index in [0.29, 0.717) is 24.7 Å². The molecule has 0 aliphatic rings. The van der Waals surface area contributed by atoms with Gasteiger partial charge in [-0.15, -0.1) is 0 Å². The van der Waals surface area contributed by atoms with Gasteiger partial charge in [0.1, 0.15) is 12.6 Å². The lowest BCUT2D eigenvalue weighted by atomic mass is 10.0. The summed E-state index contributed by atoms with van der Waals surface area (Å²) < 4.78 is 12.2. The second-order valence-corrected chi connectivity index (χ2v) is 7.67. The van der Waals surface area contributed by atoms with Crippen LogP contribution in [0, 0.1) is 12.8 Å². The Balaban J connectivity index is 2.12. The molecule has 2 rings (SSSR count). The van der Waals surface area contributed by atoms with Crippen molar-refractivity contribution in [3.8, 4) is 11.5 Å². The van der Waals surface area contributed by atoms with Crippen molar-refractivity contribution in [2.24, 2.45) is 5.92 Å². The van der Waals surface area contributed by atoms with Gasteiger partial charge in [0.05, 0.1) is 7.11 Å². The average Bonchev–Trinajstić information content (AvgIpc) is 2.61. The molecule has 0 amide bonds. The van der Waals surface area contributed by atoms with Crippen molar-refractivity contribution in [3.63, 3.8) is 0 Å². The Hall–Kier alpha value is -2.05. The van der Waals surface area contributed by atoms with Crippen LogP contribution in [0.3, 0.4) is 0 Å². The van der Waals surface area contributed by atoms with E-state index in [1.165, 1.54) is 5.56 Å². The van der Waals surface area contributed by atoms with Crippen LogP contribution in [-0.2, 0) is 17.9 Å². The molecule has 5 nitrogen and oxygen atoms in total. The zero-order chi connectivity index (χ0) is 20.0. The van der Waals surface area contributed by atoms with Crippen LogP contribution in [0.4, 0.5) is 0 Å². The molecule has 0 saturated carbocycles. The van der Waals surface area contributed by atoms with E-state index < -0.39 is 12.0 Å². The van der Waals surface area contributed by atoms with Crippen LogP contribution in [-0.4, -0.2) is 24.2 Å². The van der Waals surface area contributed by atoms with Gasteiger partial charge >= 0.3 is 5.97 Å². The maximum absolute atomic E-state index is 11.3. The van der Waals surface area contributed by atoms with E-state index in [1.807, 2.05) is 51.1 Å². The minimum Gasteiger partial charge on any atom is -0.493 e. The van der Waals surface area contributed by atoms with E-state index in [0.717, 1.165) is 15.6 Å². The first-order valence-corrected chi connectivity index (χ1v) is 9.62. The fourth-order valence-electron chi connectivity index (χ4n) is 2.78. The lowest BCUT2D eigenvalue weighted by molar-refractivity contribution is -0.140. The predicted molar refractivity (Wildman–Crippen MR) is 109 cm³/mol. The van der Waals surface area contributed by atoms with Crippen LogP contribution in [0.2, 0.25) is 0 Å². The number of nitrogens with one attached hydrogen (secondary N) is 1. The van der Waals surface area contributed by atoms with Crippen LogP contribution < -0.4 is 14.8 Å². The van der Waals surface area contributed by atoms with Crippen molar-refractivity contribution in [3.05, 3.63) is 57.6 Å². The van der Waals surface area contributed by atoms with Crippen LogP contribution in [0.25, 0.3) is 0 Å². The van der Waals surface area contributed by atoms with Gasteiger partial charge in [-0.1, -0.05) is 59.6 Å². The fourth-order valence-corrected chi connectivity index (χ4v) is 3.24. The first-order valence-electron chi connectivity index (χ1n) is 8.82. The average molecular weight is 436 g/mol. The largest absolute Gasteiger partial charge is 0.493 e. The third kappa shape index (κ3) is 5.97. The van der Waals surface area contributed by atoms with Gasteiger partial charge in [-0.05, 0) is 36.1 Å². The van der Waals surface area contributed by atoms with E-state index in [4.69, 9.17) is 9.47 Å². The zero-order valence-electron chi connectivity index (χ0n) is 16.1. The van der Waals surface area contributed by atoms with Gasteiger partial charge in [0.2, 0.25) is 0 Å². The van der Waals surface area contributed by atoms with E-state index >= 15 is 0 Å². The van der Waals surface area contributed by atoms with Crippen molar-refractivity contribution < 1.29 is 19.4 Å². The molecule has 0 aromatic heterocycles. The van der Waals surface area contributed by atoms with Gasteiger partial charge in [0.25, 0.3) is 0 Å². The van der Waals surface area contributed by atoms with Crippen LogP contribution >= 0.6 is 15.9 Å². The lowest BCUT2D eigenvalue weighted by Crippen LogP contribution is -2.40. The summed E-state index contributed by atoms with van der Waals surface area (Å²) in [6.07, 6.45) is 0. The molecule has 2 N–H and O–H groups in total. The van der Waals surface area contributed by atoms with Gasteiger partial charge in [-0.25, -0.2) is 0 Å². The molecule has 6 heteroatoms. The van der Waals surface area contributed by atoms with Crippen molar-refractivity contribution >= 4 is 21.9 Å². The second kappa shape index (κ2) is 9.76. The molecule has 2 aromatic carbocycles. The summed E-state index contributed by atoms with van der Waals surface area (Å²) in [5, 5.41) is 12.4. The minimum atomic E-state index is -0.855. The molecule has 0 saturated heterocycles. The summed E-state index contributed by atoms with van der Waals surface area (Å²) in [5.74, 6) is 0.374. The van der Waals surface area contributed by atoms with Gasteiger partial charge in [-0.2, -0.15) is 0 Å². The number of benzene rings is 2. The fraction of sp³-hybridized carbons (Fsp3) is 0.381. The molecule has 1 unspecified atom stereocenters. The SMILES string of the molecule is COc1cc(CNC(C(=O)O)C(C)C)c(Br)cc1OCc1cccc(C)c1. The molecular weight excluding hydrogens is 410 g/mol. The number of carbonyl (C=O) groups is 1. The van der Waals surface area contributed by atoms with Crippen molar-refractivity contribution in [2.45, 2.75) is 40.0 Å².